The molecule has 0 saturated carbocycles. The van der Waals surface area contributed by atoms with E-state index in [2.05, 4.69) is 15.6 Å². The van der Waals surface area contributed by atoms with E-state index in [1.54, 1.807) is 32.2 Å². The van der Waals surface area contributed by atoms with Crippen molar-refractivity contribution in [3.63, 3.8) is 0 Å². The summed E-state index contributed by atoms with van der Waals surface area (Å²) in [5, 5.41) is 5.87. The van der Waals surface area contributed by atoms with Crippen LogP contribution in [0.25, 0.3) is 0 Å². The van der Waals surface area contributed by atoms with Crippen molar-refractivity contribution in [3.05, 3.63) is 75.4 Å². The van der Waals surface area contributed by atoms with Crippen LogP contribution in [0.15, 0.2) is 42.7 Å². The van der Waals surface area contributed by atoms with Gasteiger partial charge in [-0.1, -0.05) is 6.07 Å². The van der Waals surface area contributed by atoms with Crippen LogP contribution in [0.1, 0.15) is 54.0 Å². The minimum absolute atomic E-state index is 0.206. The fraction of sp³-hybridized carbons (Fsp3) is 0.217. The Kier molecular flexibility index (Phi) is 6.81. The molecule has 3 aromatic rings. The van der Waals surface area contributed by atoms with Crippen molar-refractivity contribution < 1.29 is 19.1 Å². The quantitative estimate of drug-likeness (QED) is 0.543. The van der Waals surface area contributed by atoms with Gasteiger partial charge in [0.25, 0.3) is 11.8 Å². The van der Waals surface area contributed by atoms with Crippen LogP contribution < -0.4 is 10.6 Å². The minimum atomic E-state index is -0.535. The van der Waals surface area contributed by atoms with Crippen LogP contribution in [0.5, 0.6) is 0 Å². The van der Waals surface area contributed by atoms with Gasteiger partial charge in [-0.05, 0) is 68.7 Å². The SMILES string of the molecule is CCOC(=O)c1sc(NC(=O)c2cccnc2)c(C(=O)Nc2ccc(C)c(C)c2)c1C. The molecule has 0 aliphatic carbocycles. The summed E-state index contributed by atoms with van der Waals surface area (Å²) < 4.78 is 5.11. The van der Waals surface area contributed by atoms with Crippen LogP contribution in [0.4, 0.5) is 10.7 Å². The molecule has 0 aliphatic rings. The molecule has 7 nitrogen and oxygen atoms in total. The highest BCUT2D eigenvalue weighted by Crippen LogP contribution is 2.34. The second-order valence-electron chi connectivity index (χ2n) is 6.93. The molecule has 2 amide bonds. The molecule has 8 heteroatoms. The molecule has 0 atom stereocenters. The van der Waals surface area contributed by atoms with Crippen LogP contribution in [-0.4, -0.2) is 29.4 Å². The van der Waals surface area contributed by atoms with Crippen LogP contribution >= 0.6 is 11.3 Å². The molecule has 160 valence electrons. The zero-order valence-electron chi connectivity index (χ0n) is 17.7. The third kappa shape index (κ3) is 4.97. The Morgan fingerprint density at radius 3 is 2.45 bits per heavy atom. The van der Waals surface area contributed by atoms with Gasteiger partial charge in [-0.25, -0.2) is 4.79 Å². The van der Waals surface area contributed by atoms with Gasteiger partial charge >= 0.3 is 5.97 Å². The fourth-order valence-electron chi connectivity index (χ4n) is 2.95. The van der Waals surface area contributed by atoms with Crippen molar-refractivity contribution in [1.82, 2.24) is 4.98 Å². The summed E-state index contributed by atoms with van der Waals surface area (Å²) in [5.41, 5.74) is 3.79. The van der Waals surface area contributed by atoms with Gasteiger partial charge in [0.05, 0.1) is 17.7 Å². The largest absolute Gasteiger partial charge is 0.462 e. The lowest BCUT2D eigenvalue weighted by molar-refractivity contribution is 0.0531. The van der Waals surface area contributed by atoms with E-state index in [4.69, 9.17) is 4.74 Å². The van der Waals surface area contributed by atoms with Crippen LogP contribution in [0.2, 0.25) is 0 Å². The van der Waals surface area contributed by atoms with Gasteiger partial charge in [-0.2, -0.15) is 0 Å². The van der Waals surface area contributed by atoms with Crippen LogP contribution in [-0.2, 0) is 4.74 Å². The monoisotopic (exact) mass is 437 g/mol. The van der Waals surface area contributed by atoms with Crippen molar-refractivity contribution in [2.24, 2.45) is 0 Å². The molecule has 0 saturated heterocycles. The third-order valence-electron chi connectivity index (χ3n) is 4.75. The first-order valence-electron chi connectivity index (χ1n) is 9.72. The summed E-state index contributed by atoms with van der Waals surface area (Å²) in [6.45, 7) is 7.52. The van der Waals surface area contributed by atoms with Crippen LogP contribution in [0, 0.1) is 20.8 Å². The van der Waals surface area contributed by atoms with E-state index in [-0.39, 0.29) is 22.0 Å². The Morgan fingerprint density at radius 1 is 1.03 bits per heavy atom. The summed E-state index contributed by atoms with van der Waals surface area (Å²) >= 11 is 1.01. The second kappa shape index (κ2) is 9.53. The molecule has 0 aliphatic heterocycles. The van der Waals surface area contributed by atoms with E-state index in [1.165, 1.54) is 6.20 Å². The summed E-state index contributed by atoms with van der Waals surface area (Å²) in [6.07, 6.45) is 2.99. The van der Waals surface area contributed by atoms with Gasteiger partial charge in [0.1, 0.15) is 9.88 Å². The summed E-state index contributed by atoms with van der Waals surface area (Å²) in [6, 6.07) is 8.85. The van der Waals surface area contributed by atoms with E-state index in [0.29, 0.717) is 16.8 Å². The zero-order valence-corrected chi connectivity index (χ0v) is 18.6. The number of amides is 2. The first-order valence-corrected chi connectivity index (χ1v) is 10.5. The van der Waals surface area contributed by atoms with Crippen molar-refractivity contribution in [2.45, 2.75) is 27.7 Å². The van der Waals surface area contributed by atoms with E-state index >= 15 is 0 Å². The molecular weight excluding hydrogens is 414 g/mol. The number of ether oxygens (including phenoxy) is 1. The summed E-state index contributed by atoms with van der Waals surface area (Å²) in [7, 11) is 0. The van der Waals surface area contributed by atoms with Gasteiger partial charge < -0.3 is 15.4 Å². The predicted octanol–water partition coefficient (Wildman–Crippen LogP) is 4.75. The highest BCUT2D eigenvalue weighted by Gasteiger charge is 2.27. The van der Waals surface area contributed by atoms with Crippen molar-refractivity contribution >= 4 is 39.8 Å². The number of thiophene rings is 1. The number of aryl methyl sites for hydroxylation is 2. The first kappa shape index (κ1) is 22.2. The topological polar surface area (TPSA) is 97.4 Å². The van der Waals surface area contributed by atoms with E-state index in [0.717, 1.165) is 22.5 Å². The van der Waals surface area contributed by atoms with Gasteiger partial charge in [-0.15, -0.1) is 11.3 Å². The van der Waals surface area contributed by atoms with E-state index < -0.39 is 17.8 Å². The molecule has 0 radical (unpaired) electrons. The molecular formula is C23H23N3O4S. The number of hydrogen-bond donors (Lipinski definition) is 2. The van der Waals surface area contributed by atoms with Gasteiger partial charge in [0.2, 0.25) is 0 Å². The van der Waals surface area contributed by atoms with Gasteiger partial charge in [-0.3, -0.25) is 14.6 Å². The molecule has 0 fully saturated rings. The number of anilines is 2. The summed E-state index contributed by atoms with van der Waals surface area (Å²) in [5.74, 6) is -1.38. The van der Waals surface area contributed by atoms with Crippen molar-refractivity contribution in [2.75, 3.05) is 17.2 Å². The Morgan fingerprint density at radius 2 is 1.81 bits per heavy atom. The molecule has 2 heterocycles. The molecule has 0 bridgehead atoms. The van der Waals surface area contributed by atoms with Crippen molar-refractivity contribution in [3.8, 4) is 0 Å². The lowest BCUT2D eigenvalue weighted by Crippen LogP contribution is -2.18. The average Bonchev–Trinajstić information content (AvgIpc) is 3.07. The fourth-order valence-corrected chi connectivity index (χ4v) is 4.04. The number of aromatic nitrogens is 1. The highest BCUT2D eigenvalue weighted by molar-refractivity contribution is 7.18. The molecule has 31 heavy (non-hydrogen) atoms. The third-order valence-corrected chi connectivity index (χ3v) is 5.94. The lowest BCUT2D eigenvalue weighted by Gasteiger charge is -2.10. The average molecular weight is 438 g/mol. The maximum absolute atomic E-state index is 13.1. The number of nitrogens with zero attached hydrogens (tertiary/aromatic N) is 1. The van der Waals surface area contributed by atoms with E-state index in [1.807, 2.05) is 32.0 Å². The molecule has 0 spiro atoms. The smallest absolute Gasteiger partial charge is 0.348 e. The number of hydrogen-bond acceptors (Lipinski definition) is 6. The van der Waals surface area contributed by atoms with Gasteiger partial charge in [0.15, 0.2) is 0 Å². The number of carbonyl (C=O) groups is 3. The molecule has 2 N–H and O–H groups in total. The number of pyridine rings is 1. The first-order chi connectivity index (χ1) is 14.8. The Bertz CT molecular complexity index is 1140. The lowest BCUT2D eigenvalue weighted by atomic mass is 10.1. The van der Waals surface area contributed by atoms with E-state index in [9.17, 15) is 14.4 Å². The Labute approximate surface area is 184 Å². The molecule has 1 aromatic carbocycles. The number of nitrogens with one attached hydrogen (secondary N) is 2. The van der Waals surface area contributed by atoms with Gasteiger partial charge in [0, 0.05) is 18.1 Å². The second-order valence-corrected chi connectivity index (χ2v) is 7.95. The molecule has 2 aromatic heterocycles. The number of carbonyl (C=O) groups excluding carboxylic acids is 3. The minimum Gasteiger partial charge on any atom is -0.462 e. The van der Waals surface area contributed by atoms with Crippen molar-refractivity contribution in [1.29, 1.82) is 0 Å². The zero-order chi connectivity index (χ0) is 22.5. The number of benzene rings is 1. The molecule has 0 unspecified atom stereocenters. The normalized spacial score (nSPS) is 10.5. The number of rotatable bonds is 6. The highest BCUT2D eigenvalue weighted by atomic mass is 32.1. The predicted molar refractivity (Wildman–Crippen MR) is 121 cm³/mol. The summed E-state index contributed by atoms with van der Waals surface area (Å²) in [4.78, 5) is 42.4. The maximum atomic E-state index is 13.1. The Balaban J connectivity index is 1.97. The Hall–Kier alpha value is -3.52. The number of esters is 1. The molecule has 3 rings (SSSR count). The maximum Gasteiger partial charge on any atom is 0.348 e. The standard InChI is InChI=1S/C23H23N3O4S/c1-5-30-23(29)19-15(4)18(21(28)25-17-9-8-13(2)14(3)11-17)22(31-19)26-20(27)16-7-6-10-24-12-16/h6-12H,5H2,1-4H3,(H,25,28)(H,26,27). The van der Waals surface area contributed by atoms with Crippen LogP contribution in [0.3, 0.4) is 0 Å².